The van der Waals surface area contributed by atoms with Gasteiger partial charge in [-0.25, -0.2) is 8.99 Å². The first kappa shape index (κ1) is 55.1. The Hall–Kier alpha value is -6.65. The number of halogens is 1. The number of aryl methyl sites for hydroxylation is 2. The molecular formula is C58H70ClN11O6S. The molecule has 2 unspecified atom stereocenters. The van der Waals surface area contributed by atoms with Crippen molar-refractivity contribution < 1.29 is 28.9 Å². The maximum Gasteiger partial charge on any atom is 0.306 e. The van der Waals surface area contributed by atoms with Gasteiger partial charge in [-0.05, 0) is 141 Å². The number of nitriles is 1. The van der Waals surface area contributed by atoms with Crippen molar-refractivity contribution in [2.24, 2.45) is 13.0 Å². The molecule has 0 spiro atoms. The fourth-order valence-electron chi connectivity index (χ4n) is 10.9. The Morgan fingerprint density at radius 3 is 2.42 bits per heavy atom. The van der Waals surface area contributed by atoms with Gasteiger partial charge in [0.1, 0.15) is 40.5 Å². The predicted octanol–water partition coefficient (Wildman–Crippen LogP) is 9.47. The summed E-state index contributed by atoms with van der Waals surface area (Å²) in [6, 6.07) is 27.4. The molecule has 0 radical (unpaired) electrons. The maximum atomic E-state index is 13.1. The molecule has 10 rings (SSSR count). The number of nitrogens with zero attached hydrogens (tertiary/aromatic N) is 10. The number of nitrogens with one attached hydrogen (secondary N) is 1. The molecule has 3 fully saturated rings. The van der Waals surface area contributed by atoms with Gasteiger partial charge in [-0.15, -0.1) is 15.3 Å². The van der Waals surface area contributed by atoms with E-state index in [1.165, 1.54) is 54.3 Å². The van der Waals surface area contributed by atoms with E-state index in [1.54, 1.807) is 23.7 Å². The molecular weight excluding hydrogens is 1010 g/mol. The molecule has 4 aliphatic rings. The minimum absolute atomic E-state index is 0.0117. The van der Waals surface area contributed by atoms with E-state index in [4.69, 9.17) is 36.2 Å². The average Bonchev–Trinajstić information content (AvgIpc) is 3.76. The van der Waals surface area contributed by atoms with Crippen molar-refractivity contribution in [3.63, 3.8) is 0 Å². The highest BCUT2D eigenvalue weighted by molar-refractivity contribution is 7.97. The minimum Gasteiger partial charge on any atom is -0.508 e. The topological polar surface area (TPSA) is 187 Å². The quantitative estimate of drug-likeness (QED) is 0.0775. The number of rotatable bonds is 14. The van der Waals surface area contributed by atoms with Crippen LogP contribution >= 0.6 is 23.5 Å². The van der Waals surface area contributed by atoms with E-state index in [9.17, 15) is 9.59 Å². The first-order valence-corrected chi connectivity index (χ1v) is 28.1. The number of piperazine rings is 1. The number of anilines is 2. The van der Waals surface area contributed by atoms with Gasteiger partial charge in [0, 0.05) is 89.7 Å². The molecule has 0 bridgehead atoms. The van der Waals surface area contributed by atoms with Crippen LogP contribution in [0.15, 0.2) is 83.8 Å². The van der Waals surface area contributed by atoms with Crippen molar-refractivity contribution >= 4 is 58.0 Å². The molecule has 5 heterocycles. The second-order valence-electron chi connectivity index (χ2n) is 20.6. The number of carbonyl (C=O) groups is 2. The Morgan fingerprint density at radius 1 is 0.909 bits per heavy atom. The van der Waals surface area contributed by atoms with Crippen LogP contribution in [0.1, 0.15) is 109 Å². The number of phenols is 1. The van der Waals surface area contributed by atoms with Gasteiger partial charge in [0.2, 0.25) is 0 Å². The molecule has 1 amide bonds. The number of piperidine rings is 1. The van der Waals surface area contributed by atoms with Crippen LogP contribution in [0.5, 0.6) is 17.2 Å². The van der Waals surface area contributed by atoms with Gasteiger partial charge in [-0.3, -0.25) is 14.5 Å². The Balaban J connectivity index is 0.000000650. The fourth-order valence-corrected chi connectivity index (χ4v) is 12.2. The normalized spacial score (nSPS) is 18.0. The third-order valence-electron chi connectivity index (χ3n) is 15.1. The molecule has 2 atom stereocenters. The van der Waals surface area contributed by atoms with Crippen LogP contribution in [0.25, 0.3) is 11.0 Å². The van der Waals surface area contributed by atoms with Gasteiger partial charge in [-0.1, -0.05) is 54.3 Å². The van der Waals surface area contributed by atoms with Gasteiger partial charge >= 0.3 is 5.97 Å². The number of phenolic OH excluding ortho intramolecular Hbond substituents is 1. The molecule has 406 valence electrons. The van der Waals surface area contributed by atoms with Crippen LogP contribution in [-0.2, 0) is 23.1 Å². The number of ether oxygens (including phenoxy) is 3. The summed E-state index contributed by atoms with van der Waals surface area (Å²) in [4.78, 5) is 34.4. The molecule has 1 saturated carbocycles. The van der Waals surface area contributed by atoms with Crippen LogP contribution in [0, 0.1) is 24.2 Å². The van der Waals surface area contributed by atoms with E-state index in [0.29, 0.717) is 41.6 Å². The molecule has 2 aromatic heterocycles. The van der Waals surface area contributed by atoms with Gasteiger partial charge in [0.15, 0.2) is 11.5 Å². The highest BCUT2D eigenvalue weighted by Gasteiger charge is 2.29. The summed E-state index contributed by atoms with van der Waals surface area (Å²) in [5.74, 6) is 2.56. The lowest BCUT2D eigenvalue weighted by Crippen LogP contribution is -2.49. The number of fused-ring (bicyclic) bond motifs is 2. The van der Waals surface area contributed by atoms with Gasteiger partial charge < -0.3 is 34.4 Å². The van der Waals surface area contributed by atoms with Crippen LogP contribution < -0.4 is 24.6 Å². The standard InChI is InChI=1S/C51H66N10O5S.C7H4ClNO/c1-6-65-49(62)30-42(38-27-44-50(46(28-38)64-5)57(4)56-54-44)37-13-12-34(2)39(26-37)33-61-31-35(3)66-45-29-41(14-16-47(45)67-61)59-24-22-58(23-25-59)32-36-18-20-60(21-19-36)48-17-15-43(53-55-48)51(63)52-40-10-8-7-9-11-40;8-7-3-6(10)2-1-5(7)4-9/h12-17,26-29,35-36,40,42H,6-11,18-25,30-33H2,1-5H3,(H,52,63);1-3,10H. The van der Waals surface area contributed by atoms with E-state index >= 15 is 0 Å². The van der Waals surface area contributed by atoms with Crippen molar-refractivity contribution in [2.45, 2.75) is 102 Å². The number of benzene rings is 4. The lowest BCUT2D eigenvalue weighted by Gasteiger charge is -2.39. The van der Waals surface area contributed by atoms with Gasteiger partial charge in [-0.2, -0.15) is 5.26 Å². The van der Waals surface area contributed by atoms with Gasteiger partial charge in [0.05, 0.1) is 35.6 Å². The fraction of sp³-hybridized carbons (Fsp3) is 0.466. The Bertz CT molecular complexity index is 3040. The summed E-state index contributed by atoms with van der Waals surface area (Å²) in [6.45, 7) is 15.0. The molecule has 17 nitrogen and oxygen atoms in total. The largest absolute Gasteiger partial charge is 0.508 e. The Morgan fingerprint density at radius 2 is 1.70 bits per heavy atom. The number of aromatic hydroxyl groups is 1. The zero-order valence-electron chi connectivity index (χ0n) is 44.8. The third kappa shape index (κ3) is 13.9. The van der Waals surface area contributed by atoms with Crippen LogP contribution in [-0.4, -0.2) is 130 Å². The minimum atomic E-state index is -0.268. The van der Waals surface area contributed by atoms with Crippen LogP contribution in [0.2, 0.25) is 5.02 Å². The number of hydrogen-bond donors (Lipinski definition) is 2. The van der Waals surface area contributed by atoms with Crippen molar-refractivity contribution in [3.8, 4) is 23.3 Å². The van der Waals surface area contributed by atoms with E-state index in [0.717, 1.165) is 111 Å². The van der Waals surface area contributed by atoms with Crippen molar-refractivity contribution in [2.75, 3.05) is 75.9 Å². The molecule has 2 saturated heterocycles. The number of hydrogen-bond acceptors (Lipinski definition) is 16. The van der Waals surface area contributed by atoms with Crippen LogP contribution in [0.3, 0.4) is 0 Å². The number of carbonyl (C=O) groups excluding carboxylic acids is 2. The lowest BCUT2D eigenvalue weighted by atomic mass is 9.86. The zero-order chi connectivity index (χ0) is 54.0. The summed E-state index contributed by atoms with van der Waals surface area (Å²) in [5, 5.41) is 38.0. The molecule has 77 heavy (non-hydrogen) atoms. The van der Waals surface area contributed by atoms with Gasteiger partial charge in [0.25, 0.3) is 5.91 Å². The number of aromatic nitrogens is 5. The Labute approximate surface area is 460 Å². The molecule has 6 aromatic rings. The van der Waals surface area contributed by atoms with E-state index in [1.807, 2.05) is 44.3 Å². The van der Waals surface area contributed by atoms with E-state index < -0.39 is 0 Å². The second-order valence-corrected chi connectivity index (χ2v) is 22.2. The summed E-state index contributed by atoms with van der Waals surface area (Å²) in [7, 11) is 3.49. The number of methoxy groups -OCH3 is 1. The highest BCUT2D eigenvalue weighted by atomic mass is 35.5. The predicted molar refractivity (Wildman–Crippen MR) is 300 cm³/mol. The van der Waals surface area contributed by atoms with E-state index in [2.05, 4.69) is 95.1 Å². The second kappa shape index (κ2) is 25.7. The molecule has 1 aliphatic carbocycles. The summed E-state index contributed by atoms with van der Waals surface area (Å²) < 4.78 is 22.0. The van der Waals surface area contributed by atoms with Crippen LogP contribution in [0.4, 0.5) is 11.5 Å². The smallest absolute Gasteiger partial charge is 0.306 e. The van der Waals surface area contributed by atoms with Crippen molar-refractivity contribution in [1.82, 2.24) is 39.7 Å². The van der Waals surface area contributed by atoms with Crippen molar-refractivity contribution in [1.29, 1.82) is 5.26 Å². The molecule has 3 aliphatic heterocycles. The SMILES string of the molecule is CCOC(=O)CC(c1ccc(C)c(CN2CC(C)Oc3cc(N4CCN(CC5CCN(c6ccc(C(=O)NC7CCCCC7)nn6)CC5)CC4)ccc3S2)c1)c1cc(OC)c2c(c1)nnn2C.N#Cc1ccc(O)cc1Cl. The highest BCUT2D eigenvalue weighted by Crippen LogP contribution is 2.41. The first-order chi connectivity index (χ1) is 37.3. The molecule has 2 N–H and O–H groups in total. The molecule has 19 heteroatoms. The number of esters is 1. The average molecular weight is 1080 g/mol. The number of amides is 1. The first-order valence-electron chi connectivity index (χ1n) is 27.0. The summed E-state index contributed by atoms with van der Waals surface area (Å²) in [6.07, 6.45) is 8.15. The third-order valence-corrected chi connectivity index (χ3v) is 16.5. The van der Waals surface area contributed by atoms with E-state index in [-0.39, 0.29) is 47.1 Å². The lowest BCUT2D eigenvalue weighted by molar-refractivity contribution is -0.143. The van der Waals surface area contributed by atoms with Crippen molar-refractivity contribution in [3.05, 3.63) is 117 Å². The zero-order valence-corrected chi connectivity index (χ0v) is 46.4. The maximum absolute atomic E-state index is 13.1. The Kier molecular flexibility index (Phi) is 18.4. The summed E-state index contributed by atoms with van der Waals surface area (Å²) in [5.41, 5.74) is 7.85. The summed E-state index contributed by atoms with van der Waals surface area (Å²) >= 11 is 7.30. The monoisotopic (exact) mass is 1080 g/mol. The molecule has 4 aromatic carbocycles.